The zero-order chi connectivity index (χ0) is 17.6. The number of halogens is 1. The molecule has 0 fully saturated rings. The Bertz CT molecular complexity index is 851. The number of carbonyl (C=O) groups excluding carboxylic acids is 1. The molecule has 1 aromatic carbocycles. The second kappa shape index (κ2) is 9.10. The van der Waals surface area contributed by atoms with E-state index < -0.39 is 6.09 Å². The van der Waals surface area contributed by atoms with Gasteiger partial charge in [-0.15, -0.1) is 12.4 Å². The maximum absolute atomic E-state index is 11.8. The zero-order valence-corrected chi connectivity index (χ0v) is 15.7. The van der Waals surface area contributed by atoms with E-state index in [9.17, 15) is 4.79 Å². The molecule has 0 atom stereocenters. The third kappa shape index (κ3) is 4.46. The van der Waals surface area contributed by atoms with E-state index in [-0.39, 0.29) is 12.4 Å². The molecule has 6 nitrogen and oxygen atoms in total. The first-order valence-electron chi connectivity index (χ1n) is 8.40. The summed E-state index contributed by atoms with van der Waals surface area (Å²) in [6, 6.07) is 11.5. The van der Waals surface area contributed by atoms with Gasteiger partial charge in [0, 0.05) is 37.6 Å². The van der Waals surface area contributed by atoms with Gasteiger partial charge in [0.25, 0.3) is 0 Å². The van der Waals surface area contributed by atoms with Crippen molar-refractivity contribution in [2.75, 3.05) is 18.6 Å². The molecule has 0 unspecified atom stereocenters. The quantitative estimate of drug-likeness (QED) is 0.655. The van der Waals surface area contributed by atoms with E-state index in [4.69, 9.17) is 4.74 Å². The zero-order valence-electron chi connectivity index (χ0n) is 14.9. The van der Waals surface area contributed by atoms with Crippen molar-refractivity contribution in [3.63, 3.8) is 0 Å². The molecule has 0 aliphatic rings. The van der Waals surface area contributed by atoms with Crippen LogP contribution in [0.25, 0.3) is 10.9 Å². The lowest BCUT2D eigenvalue weighted by Gasteiger charge is -2.21. The van der Waals surface area contributed by atoms with Crippen LogP contribution < -0.4 is 15.1 Å². The van der Waals surface area contributed by atoms with Gasteiger partial charge in [-0.25, -0.2) is 4.79 Å². The van der Waals surface area contributed by atoms with Crippen molar-refractivity contribution in [3.05, 3.63) is 55.0 Å². The minimum Gasteiger partial charge on any atom is -0.410 e. The van der Waals surface area contributed by atoms with Crippen LogP contribution in [0, 0.1) is 0 Å². The molecule has 26 heavy (non-hydrogen) atoms. The number of benzene rings is 1. The number of nitrogens with zero attached hydrogens (tertiary/aromatic N) is 3. The van der Waals surface area contributed by atoms with Gasteiger partial charge >= 0.3 is 6.09 Å². The summed E-state index contributed by atoms with van der Waals surface area (Å²) >= 11 is 0. The molecule has 0 spiro atoms. The van der Waals surface area contributed by atoms with Gasteiger partial charge in [-0.05, 0) is 42.8 Å². The number of hydrogen-bond acceptors (Lipinski definition) is 4. The summed E-state index contributed by atoms with van der Waals surface area (Å²) in [5.41, 5.74) is 2.06. The van der Waals surface area contributed by atoms with E-state index in [1.165, 1.54) is 0 Å². The van der Waals surface area contributed by atoms with Gasteiger partial charge in [0.05, 0.1) is 11.2 Å². The Balaban J connectivity index is 0.00000243. The van der Waals surface area contributed by atoms with Crippen LogP contribution >= 0.6 is 12.4 Å². The summed E-state index contributed by atoms with van der Waals surface area (Å²) in [7, 11) is 1.99. The van der Waals surface area contributed by atoms with Gasteiger partial charge in [0.2, 0.25) is 0 Å². The Hall–Kier alpha value is -2.73. The topological polar surface area (TPSA) is 59.4 Å². The summed E-state index contributed by atoms with van der Waals surface area (Å²) in [5, 5.41) is 5.77. The van der Waals surface area contributed by atoms with Crippen LogP contribution in [0.3, 0.4) is 0 Å². The number of anilines is 1. The lowest BCUT2D eigenvalue weighted by atomic mass is 10.2. The summed E-state index contributed by atoms with van der Waals surface area (Å²) in [4.78, 5) is 15.8. The van der Waals surface area contributed by atoms with E-state index in [0.29, 0.717) is 12.3 Å². The largest absolute Gasteiger partial charge is 0.412 e. The fourth-order valence-corrected chi connectivity index (χ4v) is 2.63. The van der Waals surface area contributed by atoms with E-state index in [0.717, 1.165) is 29.4 Å². The molecule has 0 bridgehead atoms. The number of aromatic nitrogens is 2. The van der Waals surface area contributed by atoms with E-state index in [2.05, 4.69) is 17.2 Å². The average Bonchev–Trinajstić information content (AvgIpc) is 3.05. The lowest BCUT2D eigenvalue weighted by molar-refractivity contribution is 0.200. The van der Waals surface area contributed by atoms with Crippen molar-refractivity contribution in [2.45, 2.75) is 19.8 Å². The first kappa shape index (κ1) is 19.6. The normalized spacial score (nSPS) is 10.2. The van der Waals surface area contributed by atoms with E-state index >= 15 is 0 Å². The minimum atomic E-state index is -0.416. The monoisotopic (exact) mass is 374 g/mol. The fraction of sp³-hybridized carbons (Fsp3) is 0.263. The summed E-state index contributed by atoms with van der Waals surface area (Å²) < 4.78 is 7.38. The van der Waals surface area contributed by atoms with Gasteiger partial charge in [-0.3, -0.25) is 14.7 Å². The molecule has 0 saturated heterocycles. The molecule has 0 aliphatic carbocycles. The van der Waals surface area contributed by atoms with Crippen molar-refractivity contribution in [1.29, 1.82) is 0 Å². The Labute approximate surface area is 159 Å². The van der Waals surface area contributed by atoms with Crippen LogP contribution in [0.4, 0.5) is 10.5 Å². The second-order valence-corrected chi connectivity index (χ2v) is 5.78. The van der Waals surface area contributed by atoms with E-state index in [1.54, 1.807) is 18.5 Å². The molecule has 0 aliphatic heterocycles. The number of carbonyl (C=O) groups is 1. The number of unbranched alkanes of at least 4 members (excludes halogenated alkanes) is 1. The maximum atomic E-state index is 11.8. The van der Waals surface area contributed by atoms with Crippen molar-refractivity contribution in [3.8, 4) is 5.75 Å². The van der Waals surface area contributed by atoms with Gasteiger partial charge in [0.15, 0.2) is 0 Å². The first-order chi connectivity index (χ1) is 12.2. The Morgan fingerprint density at radius 3 is 2.73 bits per heavy atom. The molecule has 0 saturated carbocycles. The smallest absolute Gasteiger partial charge is 0.410 e. The van der Waals surface area contributed by atoms with Gasteiger partial charge in [-0.2, -0.15) is 0 Å². The molecular weight excluding hydrogens is 352 g/mol. The standard InChI is InChI=1S/C19H22N4O2.ClH/c1-3-4-10-21-19(24)25-17-5-6-18-15(14-17)9-13-23(18)22(2)16-7-11-20-12-8-16;/h5-9,11-14H,3-4,10H2,1-2H3,(H,21,24);1H. The molecule has 138 valence electrons. The predicted octanol–water partition coefficient (Wildman–Crippen LogP) is 4.25. The van der Waals surface area contributed by atoms with Crippen LogP contribution in [0.2, 0.25) is 0 Å². The highest BCUT2D eigenvalue weighted by Gasteiger charge is 2.09. The molecular formula is C19H23ClN4O2. The number of fused-ring (bicyclic) bond motifs is 1. The molecule has 7 heteroatoms. The Morgan fingerprint density at radius 2 is 2.00 bits per heavy atom. The Morgan fingerprint density at radius 1 is 1.23 bits per heavy atom. The molecule has 2 heterocycles. The molecule has 0 radical (unpaired) electrons. The minimum absolute atomic E-state index is 0. The van der Waals surface area contributed by atoms with E-state index in [1.807, 2.05) is 53.3 Å². The summed E-state index contributed by atoms with van der Waals surface area (Å²) in [6.07, 6.45) is 7.07. The molecule has 2 aromatic heterocycles. The van der Waals surface area contributed by atoms with Gasteiger partial charge in [-0.1, -0.05) is 13.3 Å². The van der Waals surface area contributed by atoms with Crippen LogP contribution in [-0.2, 0) is 0 Å². The third-order valence-corrected chi connectivity index (χ3v) is 4.01. The Kier molecular flexibility index (Phi) is 6.86. The average molecular weight is 375 g/mol. The van der Waals surface area contributed by atoms with Crippen LogP contribution in [-0.4, -0.2) is 29.3 Å². The molecule has 1 amide bonds. The summed E-state index contributed by atoms with van der Waals surface area (Å²) in [6.45, 7) is 2.71. The van der Waals surface area contributed by atoms with Gasteiger partial charge < -0.3 is 10.1 Å². The second-order valence-electron chi connectivity index (χ2n) is 5.78. The number of nitrogens with one attached hydrogen (secondary N) is 1. The van der Waals surface area contributed by atoms with Crippen LogP contribution in [0.1, 0.15) is 19.8 Å². The lowest BCUT2D eigenvalue weighted by Crippen LogP contribution is -2.27. The maximum Gasteiger partial charge on any atom is 0.412 e. The number of amides is 1. The highest BCUT2D eigenvalue weighted by molar-refractivity contribution is 5.85. The highest BCUT2D eigenvalue weighted by Crippen LogP contribution is 2.24. The van der Waals surface area contributed by atoms with Crippen LogP contribution in [0.15, 0.2) is 55.0 Å². The molecule has 3 rings (SSSR count). The first-order valence-corrected chi connectivity index (χ1v) is 8.40. The predicted molar refractivity (Wildman–Crippen MR) is 106 cm³/mol. The number of ether oxygens (including phenoxy) is 1. The van der Waals surface area contributed by atoms with Crippen LogP contribution in [0.5, 0.6) is 5.75 Å². The number of pyridine rings is 1. The van der Waals surface area contributed by atoms with Crippen molar-refractivity contribution in [1.82, 2.24) is 15.0 Å². The third-order valence-electron chi connectivity index (χ3n) is 4.01. The van der Waals surface area contributed by atoms with Gasteiger partial charge in [0.1, 0.15) is 5.75 Å². The van der Waals surface area contributed by atoms with Crippen molar-refractivity contribution < 1.29 is 9.53 Å². The molecule has 3 aromatic rings. The van der Waals surface area contributed by atoms with Crippen molar-refractivity contribution in [2.24, 2.45) is 0 Å². The highest BCUT2D eigenvalue weighted by atomic mass is 35.5. The summed E-state index contributed by atoms with van der Waals surface area (Å²) in [5.74, 6) is 0.533. The SMILES string of the molecule is CCCCNC(=O)Oc1ccc2c(ccn2N(C)c2ccncc2)c1.Cl. The van der Waals surface area contributed by atoms with Crippen molar-refractivity contribution >= 4 is 35.1 Å². The molecule has 1 N–H and O–H groups in total. The fourth-order valence-electron chi connectivity index (χ4n) is 2.63. The number of rotatable bonds is 6. The number of hydrogen-bond donors (Lipinski definition) is 1.